The third kappa shape index (κ3) is 7.64. The number of hydrogen-bond acceptors (Lipinski definition) is 6. The van der Waals surface area contributed by atoms with Crippen LogP contribution in [0.15, 0.2) is 24.5 Å². The molecule has 4 rings (SSSR count). The second-order valence-corrected chi connectivity index (χ2v) is 8.97. The Bertz CT molecular complexity index is 796. The molecule has 3 aliphatic rings. The zero-order valence-corrected chi connectivity index (χ0v) is 19.0. The standard InChI is InChI=1S/C21H30N2O4.C2HF3O2/c24-20(19-5-10-25-11-6-19)23-15-21(16-23)13-17(4-12-27-21)3-9-26-14-18-1-7-22-8-2-18;3-2(4,5)1(6)7/h1-2,7-8,17,19H,3-6,9-16H2;(H,6,7). The van der Waals surface area contributed by atoms with E-state index in [1.165, 1.54) is 0 Å². The fraction of sp³-hybridized carbons (Fsp3) is 0.696. The number of amides is 1. The van der Waals surface area contributed by atoms with E-state index >= 15 is 0 Å². The second-order valence-electron chi connectivity index (χ2n) is 8.97. The van der Waals surface area contributed by atoms with E-state index in [9.17, 15) is 18.0 Å². The van der Waals surface area contributed by atoms with Crippen molar-refractivity contribution in [2.24, 2.45) is 11.8 Å². The summed E-state index contributed by atoms with van der Waals surface area (Å²) in [6.07, 6.45) is 3.43. The molecule has 3 saturated heterocycles. The van der Waals surface area contributed by atoms with Gasteiger partial charge in [-0.3, -0.25) is 9.78 Å². The van der Waals surface area contributed by atoms with Crippen molar-refractivity contribution in [2.45, 2.75) is 50.5 Å². The first-order chi connectivity index (χ1) is 16.2. The summed E-state index contributed by atoms with van der Waals surface area (Å²) < 4.78 is 49.1. The van der Waals surface area contributed by atoms with Crippen LogP contribution in [0.5, 0.6) is 0 Å². The Morgan fingerprint density at radius 3 is 2.41 bits per heavy atom. The topological polar surface area (TPSA) is 98.2 Å². The van der Waals surface area contributed by atoms with Gasteiger partial charge < -0.3 is 24.2 Å². The summed E-state index contributed by atoms with van der Waals surface area (Å²) in [6.45, 7) is 5.17. The van der Waals surface area contributed by atoms with E-state index in [1.807, 2.05) is 17.0 Å². The maximum atomic E-state index is 12.6. The zero-order chi connectivity index (χ0) is 24.6. The number of halogens is 3. The van der Waals surface area contributed by atoms with Gasteiger partial charge in [-0.1, -0.05) is 0 Å². The van der Waals surface area contributed by atoms with Crippen molar-refractivity contribution in [1.29, 1.82) is 0 Å². The lowest BCUT2D eigenvalue weighted by Gasteiger charge is -2.54. The van der Waals surface area contributed by atoms with Gasteiger partial charge in [0.1, 0.15) is 5.60 Å². The Morgan fingerprint density at radius 1 is 1.15 bits per heavy atom. The van der Waals surface area contributed by atoms with Crippen LogP contribution >= 0.6 is 0 Å². The first-order valence-corrected chi connectivity index (χ1v) is 11.5. The van der Waals surface area contributed by atoms with Crippen molar-refractivity contribution < 1.29 is 42.1 Å². The second kappa shape index (κ2) is 11.9. The Balaban J connectivity index is 0.000000406. The Hall–Kier alpha value is -2.24. The summed E-state index contributed by atoms with van der Waals surface area (Å²) in [7, 11) is 0. The van der Waals surface area contributed by atoms with Crippen LogP contribution in [0.4, 0.5) is 13.2 Å². The molecule has 1 unspecified atom stereocenters. The van der Waals surface area contributed by atoms with E-state index in [1.54, 1.807) is 12.4 Å². The summed E-state index contributed by atoms with van der Waals surface area (Å²) in [5, 5.41) is 7.12. The van der Waals surface area contributed by atoms with Gasteiger partial charge in [0.25, 0.3) is 0 Å². The molecule has 34 heavy (non-hydrogen) atoms. The maximum Gasteiger partial charge on any atom is 0.490 e. The summed E-state index contributed by atoms with van der Waals surface area (Å²) in [5.74, 6) is -1.68. The number of aliphatic carboxylic acids is 1. The smallest absolute Gasteiger partial charge is 0.475 e. The van der Waals surface area contributed by atoms with Crippen molar-refractivity contribution in [3.8, 4) is 0 Å². The Labute approximate surface area is 196 Å². The molecular weight excluding hydrogens is 457 g/mol. The number of rotatable bonds is 6. The number of hydrogen-bond donors (Lipinski definition) is 1. The minimum Gasteiger partial charge on any atom is -0.475 e. The molecule has 0 saturated carbocycles. The lowest BCUT2D eigenvalue weighted by Crippen LogP contribution is -2.67. The molecule has 0 aliphatic carbocycles. The van der Waals surface area contributed by atoms with Crippen molar-refractivity contribution in [1.82, 2.24) is 9.88 Å². The van der Waals surface area contributed by atoms with Crippen LogP contribution in [0.1, 0.15) is 37.7 Å². The average Bonchev–Trinajstić information content (AvgIpc) is 2.81. The number of pyridine rings is 1. The highest BCUT2D eigenvalue weighted by Crippen LogP contribution is 2.39. The molecule has 4 heterocycles. The molecule has 3 aliphatic heterocycles. The van der Waals surface area contributed by atoms with E-state index in [0.29, 0.717) is 31.6 Å². The van der Waals surface area contributed by atoms with Gasteiger partial charge in [0.05, 0.1) is 19.7 Å². The molecule has 11 heteroatoms. The van der Waals surface area contributed by atoms with Crippen LogP contribution < -0.4 is 0 Å². The van der Waals surface area contributed by atoms with Gasteiger partial charge >= 0.3 is 12.1 Å². The van der Waals surface area contributed by atoms with E-state index in [0.717, 1.165) is 64.0 Å². The van der Waals surface area contributed by atoms with E-state index in [2.05, 4.69) is 4.98 Å². The lowest BCUT2D eigenvalue weighted by atomic mass is 9.78. The van der Waals surface area contributed by atoms with Crippen molar-refractivity contribution in [3.05, 3.63) is 30.1 Å². The van der Waals surface area contributed by atoms with Crippen molar-refractivity contribution in [3.63, 3.8) is 0 Å². The molecule has 3 fully saturated rings. The van der Waals surface area contributed by atoms with Gasteiger partial charge in [-0.05, 0) is 55.7 Å². The largest absolute Gasteiger partial charge is 0.490 e. The first kappa shape index (κ1) is 26.4. The molecule has 0 bridgehead atoms. The van der Waals surface area contributed by atoms with Gasteiger partial charge in [-0.15, -0.1) is 0 Å². The lowest BCUT2D eigenvalue weighted by molar-refractivity contribution is -0.193. The predicted octanol–water partition coefficient (Wildman–Crippen LogP) is 3.06. The highest BCUT2D eigenvalue weighted by molar-refractivity contribution is 5.80. The highest BCUT2D eigenvalue weighted by Gasteiger charge is 2.50. The number of ether oxygens (including phenoxy) is 3. The van der Waals surface area contributed by atoms with E-state index in [4.69, 9.17) is 24.1 Å². The molecule has 1 N–H and O–H groups in total. The summed E-state index contributed by atoms with van der Waals surface area (Å²) in [5.41, 5.74) is 1.06. The Kier molecular flexibility index (Phi) is 9.26. The van der Waals surface area contributed by atoms with Gasteiger partial charge in [-0.2, -0.15) is 13.2 Å². The van der Waals surface area contributed by atoms with Gasteiger partial charge in [0.2, 0.25) is 5.91 Å². The number of carboxylic acids is 1. The Morgan fingerprint density at radius 2 is 1.79 bits per heavy atom. The number of carboxylic acid groups (broad SMARTS) is 1. The molecule has 0 radical (unpaired) electrons. The number of aromatic nitrogens is 1. The third-order valence-electron chi connectivity index (χ3n) is 6.37. The van der Waals surface area contributed by atoms with Gasteiger partial charge in [0, 0.05) is 44.7 Å². The van der Waals surface area contributed by atoms with Gasteiger partial charge in [0.15, 0.2) is 0 Å². The monoisotopic (exact) mass is 488 g/mol. The molecule has 1 spiro atoms. The molecule has 1 aromatic heterocycles. The van der Waals surface area contributed by atoms with Crippen LogP contribution in [0.3, 0.4) is 0 Å². The molecule has 0 aromatic carbocycles. The average molecular weight is 489 g/mol. The first-order valence-electron chi connectivity index (χ1n) is 11.5. The summed E-state index contributed by atoms with van der Waals surface area (Å²) in [4.78, 5) is 27.5. The highest BCUT2D eigenvalue weighted by atomic mass is 19.4. The number of likely N-dealkylation sites (tertiary alicyclic amines) is 1. The minimum atomic E-state index is -5.08. The zero-order valence-electron chi connectivity index (χ0n) is 19.0. The number of nitrogens with zero attached hydrogens (tertiary/aromatic N) is 2. The van der Waals surface area contributed by atoms with Crippen molar-refractivity contribution >= 4 is 11.9 Å². The fourth-order valence-corrected chi connectivity index (χ4v) is 4.52. The minimum absolute atomic E-state index is 0.102. The van der Waals surface area contributed by atoms with Crippen LogP contribution in [0, 0.1) is 11.8 Å². The number of carbonyl (C=O) groups excluding carboxylic acids is 1. The van der Waals surface area contributed by atoms with Crippen molar-refractivity contribution in [2.75, 3.05) is 39.5 Å². The molecular formula is C23H31F3N2O6. The fourth-order valence-electron chi connectivity index (χ4n) is 4.52. The summed E-state index contributed by atoms with van der Waals surface area (Å²) in [6, 6.07) is 3.98. The van der Waals surface area contributed by atoms with Crippen LogP contribution in [-0.4, -0.2) is 78.2 Å². The molecule has 1 amide bonds. The predicted molar refractivity (Wildman–Crippen MR) is 114 cm³/mol. The normalized spacial score (nSPS) is 22.4. The molecule has 1 aromatic rings. The SMILES string of the molecule is O=C(C1CCOCC1)N1CC2(CC(CCOCc3ccncc3)CCO2)C1.O=C(O)C(F)(F)F. The maximum absolute atomic E-state index is 12.6. The van der Waals surface area contributed by atoms with Crippen LogP contribution in [0.25, 0.3) is 0 Å². The third-order valence-corrected chi connectivity index (χ3v) is 6.37. The van der Waals surface area contributed by atoms with Gasteiger partial charge in [-0.25, -0.2) is 4.79 Å². The quantitative estimate of drug-likeness (QED) is 0.615. The molecule has 190 valence electrons. The van der Waals surface area contributed by atoms with E-state index < -0.39 is 12.1 Å². The summed E-state index contributed by atoms with van der Waals surface area (Å²) >= 11 is 0. The number of carbonyl (C=O) groups is 2. The number of alkyl halides is 3. The van der Waals surface area contributed by atoms with Crippen LogP contribution in [-0.2, 0) is 30.4 Å². The molecule has 8 nitrogen and oxygen atoms in total. The van der Waals surface area contributed by atoms with E-state index in [-0.39, 0.29) is 11.5 Å². The molecule has 1 atom stereocenters. The van der Waals surface area contributed by atoms with Crippen LogP contribution in [0.2, 0.25) is 0 Å².